The maximum atomic E-state index is 14.7. The van der Waals surface area contributed by atoms with Crippen LogP contribution < -0.4 is 27.8 Å². The van der Waals surface area contributed by atoms with Crippen molar-refractivity contribution in [2.75, 3.05) is 16.4 Å². The number of hydrogen-bond acceptors (Lipinski definition) is 6. The minimum Gasteiger partial charge on any atom is -0.397 e. The zero-order chi connectivity index (χ0) is 25.1. The van der Waals surface area contributed by atoms with Gasteiger partial charge in [-0.1, -0.05) is 12.1 Å². The Bertz CT molecular complexity index is 1490. The largest absolute Gasteiger partial charge is 0.397 e. The van der Waals surface area contributed by atoms with E-state index in [2.05, 4.69) is 15.6 Å². The van der Waals surface area contributed by atoms with Crippen LogP contribution in [0, 0.1) is 5.82 Å². The molecular weight excluding hydrogens is 451 g/mol. The number of pyridine rings is 1. The Morgan fingerprint density at radius 2 is 1.49 bits per heavy atom. The first-order valence-electron chi connectivity index (χ1n) is 10.4. The number of halogens is 1. The van der Waals surface area contributed by atoms with Crippen molar-refractivity contribution in [3.05, 3.63) is 94.8 Å². The molecule has 0 aliphatic heterocycles. The second kappa shape index (κ2) is 9.48. The lowest BCUT2D eigenvalue weighted by Crippen LogP contribution is -2.16. The van der Waals surface area contributed by atoms with E-state index in [-0.39, 0.29) is 29.0 Å². The quantitative estimate of drug-likeness (QED) is 0.259. The fraction of sp³-hybridized carbons (Fsp3) is 0.0400. The highest BCUT2D eigenvalue weighted by Crippen LogP contribution is 2.22. The van der Waals surface area contributed by atoms with Gasteiger partial charge in [0.2, 0.25) is 11.8 Å². The fourth-order valence-corrected chi connectivity index (χ4v) is 3.40. The standard InChI is InChI=1S/C25H21FN6O3/c26-18-9-16(25(35)32-21-11-15(24(29)34)5-7-19(21)27)3-4-17(18)12-30-22-8-6-13-1-2-14(23(28)33)10-20(13)31-22/h1-11H,12,27H2,(H2,28,33)(H2,29,34)(H,30,31)(H,32,35). The number of nitrogen functional groups attached to an aromatic ring is 1. The summed E-state index contributed by atoms with van der Waals surface area (Å²) in [7, 11) is 0. The molecule has 0 bridgehead atoms. The molecule has 3 amide bonds. The lowest BCUT2D eigenvalue weighted by molar-refractivity contribution is 0.0992. The van der Waals surface area contributed by atoms with Crippen LogP contribution in [-0.2, 0) is 6.54 Å². The molecule has 9 nitrogen and oxygen atoms in total. The number of nitrogens with zero attached hydrogens (tertiary/aromatic N) is 1. The van der Waals surface area contributed by atoms with E-state index in [0.717, 1.165) is 11.5 Å². The Morgan fingerprint density at radius 1 is 0.829 bits per heavy atom. The van der Waals surface area contributed by atoms with Gasteiger partial charge in [-0.15, -0.1) is 0 Å². The van der Waals surface area contributed by atoms with Gasteiger partial charge >= 0.3 is 0 Å². The Morgan fingerprint density at radius 3 is 2.20 bits per heavy atom. The topological polar surface area (TPSA) is 166 Å². The Balaban J connectivity index is 1.47. The van der Waals surface area contributed by atoms with Crippen LogP contribution in [0.25, 0.3) is 10.9 Å². The molecule has 0 aliphatic carbocycles. The first kappa shape index (κ1) is 23.2. The summed E-state index contributed by atoms with van der Waals surface area (Å²) in [5, 5.41) is 6.41. The third kappa shape index (κ3) is 5.17. The Kier molecular flexibility index (Phi) is 6.27. The minimum atomic E-state index is -0.669. The van der Waals surface area contributed by atoms with Crippen molar-refractivity contribution in [3.8, 4) is 0 Å². The van der Waals surface area contributed by atoms with Crippen LogP contribution in [0.5, 0.6) is 0 Å². The van der Waals surface area contributed by atoms with Crippen LogP contribution in [0.2, 0.25) is 0 Å². The van der Waals surface area contributed by atoms with Crippen LogP contribution in [0.3, 0.4) is 0 Å². The van der Waals surface area contributed by atoms with Crippen molar-refractivity contribution in [1.29, 1.82) is 0 Å². The Hall–Kier alpha value is -4.99. The van der Waals surface area contributed by atoms with Crippen LogP contribution in [-0.4, -0.2) is 22.7 Å². The van der Waals surface area contributed by atoms with Gasteiger partial charge in [-0.05, 0) is 54.6 Å². The number of anilines is 3. The van der Waals surface area contributed by atoms with Gasteiger partial charge in [0.1, 0.15) is 11.6 Å². The minimum absolute atomic E-state index is 0.0675. The number of benzene rings is 3. The van der Waals surface area contributed by atoms with E-state index in [9.17, 15) is 18.8 Å². The van der Waals surface area contributed by atoms with Gasteiger partial charge < -0.3 is 27.8 Å². The third-order valence-electron chi connectivity index (χ3n) is 5.34. The molecule has 0 aliphatic rings. The molecule has 0 fully saturated rings. The predicted octanol–water partition coefficient (Wildman–Crippen LogP) is 3.02. The van der Waals surface area contributed by atoms with Crippen LogP contribution in [0.1, 0.15) is 36.6 Å². The third-order valence-corrected chi connectivity index (χ3v) is 5.34. The molecule has 176 valence electrons. The van der Waals surface area contributed by atoms with Gasteiger partial charge in [-0.3, -0.25) is 14.4 Å². The first-order valence-corrected chi connectivity index (χ1v) is 10.4. The summed E-state index contributed by atoms with van der Waals surface area (Å²) in [6, 6.07) is 16.8. The zero-order valence-electron chi connectivity index (χ0n) is 18.3. The van der Waals surface area contributed by atoms with E-state index in [1.54, 1.807) is 24.3 Å². The fourth-order valence-electron chi connectivity index (χ4n) is 3.40. The summed E-state index contributed by atoms with van der Waals surface area (Å²) in [6.45, 7) is 0.107. The predicted molar refractivity (Wildman–Crippen MR) is 131 cm³/mol. The number of fused-ring (bicyclic) bond motifs is 1. The molecule has 3 aromatic carbocycles. The van der Waals surface area contributed by atoms with Gasteiger partial charge in [0.25, 0.3) is 5.91 Å². The monoisotopic (exact) mass is 472 g/mol. The second-order valence-corrected chi connectivity index (χ2v) is 7.75. The number of nitrogens with one attached hydrogen (secondary N) is 2. The summed E-state index contributed by atoms with van der Waals surface area (Å²) in [6.07, 6.45) is 0. The summed E-state index contributed by atoms with van der Waals surface area (Å²) < 4.78 is 14.7. The number of rotatable bonds is 7. The average molecular weight is 472 g/mol. The first-order chi connectivity index (χ1) is 16.7. The molecule has 4 aromatic rings. The van der Waals surface area contributed by atoms with Gasteiger partial charge in [0.15, 0.2) is 0 Å². The Labute approximate surface area is 199 Å². The SMILES string of the molecule is NC(=O)c1ccc(N)c(NC(=O)c2ccc(CNc3ccc4ccc(C(N)=O)cc4n3)c(F)c2)c1. The van der Waals surface area contributed by atoms with Crippen LogP contribution in [0.15, 0.2) is 66.7 Å². The summed E-state index contributed by atoms with van der Waals surface area (Å²) >= 11 is 0. The van der Waals surface area contributed by atoms with Crippen molar-refractivity contribution < 1.29 is 18.8 Å². The van der Waals surface area contributed by atoms with E-state index in [1.807, 2.05) is 6.07 Å². The van der Waals surface area contributed by atoms with Crippen molar-refractivity contribution in [1.82, 2.24) is 4.98 Å². The van der Waals surface area contributed by atoms with E-state index >= 15 is 0 Å². The number of aromatic nitrogens is 1. The highest BCUT2D eigenvalue weighted by molar-refractivity contribution is 6.06. The van der Waals surface area contributed by atoms with E-state index in [4.69, 9.17) is 17.2 Å². The van der Waals surface area contributed by atoms with E-state index in [1.165, 1.54) is 30.3 Å². The van der Waals surface area contributed by atoms with Crippen LogP contribution >= 0.6 is 0 Å². The molecule has 0 unspecified atom stereocenters. The number of amides is 3. The van der Waals surface area contributed by atoms with Gasteiger partial charge in [-0.25, -0.2) is 9.37 Å². The van der Waals surface area contributed by atoms with E-state index in [0.29, 0.717) is 22.5 Å². The maximum absolute atomic E-state index is 14.7. The molecule has 0 radical (unpaired) electrons. The number of nitrogens with two attached hydrogens (primary N) is 3. The van der Waals surface area contributed by atoms with Crippen molar-refractivity contribution in [3.63, 3.8) is 0 Å². The summed E-state index contributed by atoms with van der Waals surface area (Å²) in [5.74, 6) is -1.94. The molecule has 10 heteroatoms. The molecule has 4 rings (SSSR count). The zero-order valence-corrected chi connectivity index (χ0v) is 18.3. The van der Waals surface area contributed by atoms with Gasteiger partial charge in [-0.2, -0.15) is 0 Å². The number of carbonyl (C=O) groups is 3. The summed E-state index contributed by atoms with van der Waals surface area (Å²) in [5.41, 5.74) is 18.3. The summed E-state index contributed by atoms with van der Waals surface area (Å²) in [4.78, 5) is 39.8. The normalized spacial score (nSPS) is 10.7. The molecule has 1 aromatic heterocycles. The molecule has 0 spiro atoms. The van der Waals surface area contributed by atoms with Gasteiger partial charge in [0.05, 0.1) is 16.9 Å². The maximum Gasteiger partial charge on any atom is 0.255 e. The highest BCUT2D eigenvalue weighted by Gasteiger charge is 2.13. The number of carbonyl (C=O) groups excluding carboxylic acids is 3. The second-order valence-electron chi connectivity index (χ2n) is 7.75. The number of hydrogen-bond donors (Lipinski definition) is 5. The van der Waals surface area contributed by atoms with Crippen LogP contribution in [0.4, 0.5) is 21.6 Å². The van der Waals surface area contributed by atoms with Gasteiger partial charge in [0, 0.05) is 34.2 Å². The van der Waals surface area contributed by atoms with Crippen molar-refractivity contribution in [2.45, 2.75) is 6.54 Å². The van der Waals surface area contributed by atoms with E-state index < -0.39 is 23.5 Å². The molecule has 0 atom stereocenters. The van der Waals surface area contributed by atoms with Crippen molar-refractivity contribution in [2.24, 2.45) is 11.5 Å². The lowest BCUT2D eigenvalue weighted by atomic mass is 10.1. The molecule has 0 saturated carbocycles. The molecule has 35 heavy (non-hydrogen) atoms. The molecular formula is C25H21FN6O3. The smallest absolute Gasteiger partial charge is 0.255 e. The molecule has 8 N–H and O–H groups in total. The molecule has 0 saturated heterocycles. The highest BCUT2D eigenvalue weighted by atomic mass is 19.1. The lowest BCUT2D eigenvalue weighted by Gasteiger charge is -2.11. The molecule has 1 heterocycles. The number of primary amides is 2. The van der Waals surface area contributed by atoms with Crippen molar-refractivity contribution >= 4 is 45.8 Å². The average Bonchev–Trinajstić information content (AvgIpc) is 2.83.